The van der Waals surface area contributed by atoms with Gasteiger partial charge >= 0.3 is 0 Å². The zero-order valence-corrected chi connectivity index (χ0v) is 18.9. The number of H-pyrrole nitrogens is 1. The van der Waals surface area contributed by atoms with Gasteiger partial charge < -0.3 is 14.9 Å². The van der Waals surface area contributed by atoms with E-state index in [0.717, 1.165) is 31.0 Å². The summed E-state index contributed by atoms with van der Waals surface area (Å²) in [5, 5.41) is 2.96. The van der Waals surface area contributed by atoms with Crippen LogP contribution in [0.2, 0.25) is 0 Å². The highest BCUT2D eigenvalue weighted by Gasteiger charge is 2.25. The van der Waals surface area contributed by atoms with Crippen molar-refractivity contribution >= 4 is 18.1 Å². The number of hydrogen-bond donors (Lipinski definition) is 2. The molecule has 0 radical (unpaired) electrons. The summed E-state index contributed by atoms with van der Waals surface area (Å²) in [6, 6.07) is 10.0. The van der Waals surface area contributed by atoms with Gasteiger partial charge in [-0.05, 0) is 79.2 Å². The molecule has 1 aliphatic rings. The number of imidazole rings is 1. The SMILES string of the molecule is CCCCc1ccc(C(=O)NCc2c[nH]c(=S)n2C2CCc3c(F)cc(F)cc3C2)cc1. The van der Waals surface area contributed by atoms with E-state index in [1.165, 1.54) is 11.6 Å². The second-order valence-electron chi connectivity index (χ2n) is 8.36. The lowest BCUT2D eigenvalue weighted by Crippen LogP contribution is -2.27. The van der Waals surface area contributed by atoms with Crippen LogP contribution >= 0.6 is 12.2 Å². The first kappa shape index (κ1) is 22.4. The summed E-state index contributed by atoms with van der Waals surface area (Å²) in [6.07, 6.45) is 6.79. The van der Waals surface area contributed by atoms with Crippen molar-refractivity contribution in [2.75, 3.05) is 0 Å². The smallest absolute Gasteiger partial charge is 0.251 e. The predicted molar refractivity (Wildman–Crippen MR) is 123 cm³/mol. The van der Waals surface area contributed by atoms with Gasteiger partial charge in [0.25, 0.3) is 5.91 Å². The lowest BCUT2D eigenvalue weighted by Gasteiger charge is -2.27. The number of fused-ring (bicyclic) bond motifs is 1. The Bertz CT molecular complexity index is 1170. The van der Waals surface area contributed by atoms with E-state index in [2.05, 4.69) is 17.2 Å². The molecule has 2 N–H and O–H groups in total. The van der Waals surface area contributed by atoms with E-state index in [9.17, 15) is 13.6 Å². The molecule has 168 valence electrons. The van der Waals surface area contributed by atoms with E-state index < -0.39 is 11.6 Å². The first-order chi connectivity index (χ1) is 15.5. The number of hydrogen-bond acceptors (Lipinski definition) is 2. The summed E-state index contributed by atoms with van der Waals surface area (Å²) in [6.45, 7) is 2.47. The lowest BCUT2D eigenvalue weighted by atomic mass is 9.87. The summed E-state index contributed by atoms with van der Waals surface area (Å²) >= 11 is 5.47. The van der Waals surface area contributed by atoms with Crippen molar-refractivity contribution in [3.8, 4) is 0 Å². The maximum atomic E-state index is 14.1. The van der Waals surface area contributed by atoms with Crippen LogP contribution < -0.4 is 5.32 Å². The number of halogens is 2. The van der Waals surface area contributed by atoms with Crippen LogP contribution in [-0.4, -0.2) is 15.5 Å². The molecule has 1 amide bonds. The Kier molecular flexibility index (Phi) is 6.84. The number of nitrogens with zero attached hydrogens (tertiary/aromatic N) is 1. The van der Waals surface area contributed by atoms with Crippen molar-refractivity contribution < 1.29 is 13.6 Å². The molecule has 1 heterocycles. The Hall–Kier alpha value is -2.80. The summed E-state index contributed by atoms with van der Waals surface area (Å²) in [5.74, 6) is -1.19. The molecule has 1 aliphatic carbocycles. The molecule has 2 aromatic carbocycles. The first-order valence-corrected chi connectivity index (χ1v) is 11.5. The molecule has 4 rings (SSSR count). The highest BCUT2D eigenvalue weighted by molar-refractivity contribution is 7.71. The first-order valence-electron chi connectivity index (χ1n) is 11.1. The van der Waals surface area contributed by atoms with Gasteiger partial charge in [-0.2, -0.15) is 0 Å². The molecule has 4 nitrogen and oxygen atoms in total. The summed E-state index contributed by atoms with van der Waals surface area (Å²) in [4.78, 5) is 15.7. The van der Waals surface area contributed by atoms with Crippen molar-refractivity contribution in [3.63, 3.8) is 0 Å². The van der Waals surface area contributed by atoms with E-state index in [0.29, 0.717) is 47.3 Å². The van der Waals surface area contributed by atoms with E-state index in [4.69, 9.17) is 12.2 Å². The molecule has 3 aromatic rings. The number of carbonyl (C=O) groups is 1. The van der Waals surface area contributed by atoms with Crippen LogP contribution in [0.4, 0.5) is 8.78 Å². The molecule has 1 unspecified atom stereocenters. The monoisotopic (exact) mass is 455 g/mol. The van der Waals surface area contributed by atoms with Crippen molar-refractivity contribution in [1.29, 1.82) is 0 Å². The molecular weight excluding hydrogens is 428 g/mol. The van der Waals surface area contributed by atoms with Gasteiger partial charge in [-0.1, -0.05) is 25.5 Å². The normalized spacial score (nSPS) is 15.4. The molecule has 0 bridgehead atoms. The highest BCUT2D eigenvalue weighted by atomic mass is 32.1. The van der Waals surface area contributed by atoms with Gasteiger partial charge in [-0.3, -0.25) is 4.79 Å². The third kappa shape index (κ3) is 4.83. The van der Waals surface area contributed by atoms with Crippen LogP contribution in [-0.2, 0) is 25.8 Å². The molecule has 0 saturated heterocycles. The number of amides is 1. The van der Waals surface area contributed by atoms with Gasteiger partial charge in [0.15, 0.2) is 4.77 Å². The van der Waals surface area contributed by atoms with Crippen LogP contribution in [0, 0.1) is 16.4 Å². The van der Waals surface area contributed by atoms with Gasteiger partial charge in [0.05, 0.1) is 12.2 Å². The average molecular weight is 456 g/mol. The summed E-state index contributed by atoms with van der Waals surface area (Å²) in [7, 11) is 0. The molecule has 0 aliphatic heterocycles. The number of rotatable bonds is 7. The molecule has 1 atom stereocenters. The van der Waals surface area contributed by atoms with Crippen molar-refractivity contribution in [2.45, 2.75) is 58.0 Å². The Balaban J connectivity index is 1.45. The third-order valence-electron chi connectivity index (χ3n) is 6.16. The predicted octanol–water partition coefficient (Wildman–Crippen LogP) is 5.83. The van der Waals surface area contributed by atoms with Gasteiger partial charge in [-0.15, -0.1) is 0 Å². The standard InChI is InChI=1S/C25H27F2N3OS/c1-2-3-4-16-5-7-17(8-6-16)24(31)28-14-21-15-29-25(32)30(21)20-9-10-22-18(12-20)11-19(26)13-23(22)27/h5-8,11,13,15,20H,2-4,9-10,12,14H2,1H3,(H,28,31)(H,29,32). The fraction of sp³-hybridized carbons (Fsp3) is 0.360. The minimum Gasteiger partial charge on any atom is -0.346 e. The van der Waals surface area contributed by atoms with Crippen LogP contribution in [0.5, 0.6) is 0 Å². The van der Waals surface area contributed by atoms with Crippen molar-refractivity contribution in [2.24, 2.45) is 0 Å². The Morgan fingerprint density at radius 1 is 1.25 bits per heavy atom. The third-order valence-corrected chi connectivity index (χ3v) is 6.47. The number of aryl methyl sites for hydroxylation is 1. The van der Waals surface area contributed by atoms with Crippen molar-refractivity contribution in [1.82, 2.24) is 14.9 Å². The van der Waals surface area contributed by atoms with Crippen LogP contribution in [0.25, 0.3) is 0 Å². The molecule has 0 spiro atoms. The van der Waals surface area contributed by atoms with Crippen LogP contribution in [0.15, 0.2) is 42.6 Å². The van der Waals surface area contributed by atoms with Gasteiger partial charge in [0.2, 0.25) is 0 Å². The number of unbranched alkanes of at least 4 members (excludes halogenated alkanes) is 1. The average Bonchev–Trinajstić information content (AvgIpc) is 3.16. The summed E-state index contributed by atoms with van der Waals surface area (Å²) < 4.78 is 30.3. The van der Waals surface area contributed by atoms with Crippen LogP contribution in [0.3, 0.4) is 0 Å². The molecule has 32 heavy (non-hydrogen) atoms. The maximum absolute atomic E-state index is 14.1. The van der Waals surface area contributed by atoms with Crippen molar-refractivity contribution in [3.05, 3.63) is 86.9 Å². The van der Waals surface area contributed by atoms with E-state index in [1.807, 2.05) is 28.8 Å². The molecule has 1 aromatic heterocycles. The lowest BCUT2D eigenvalue weighted by molar-refractivity contribution is 0.0949. The van der Waals surface area contributed by atoms with Gasteiger partial charge in [0, 0.05) is 23.9 Å². The van der Waals surface area contributed by atoms with Gasteiger partial charge in [-0.25, -0.2) is 8.78 Å². The van der Waals surface area contributed by atoms with E-state index >= 15 is 0 Å². The molecular formula is C25H27F2N3OS. The second-order valence-corrected chi connectivity index (χ2v) is 8.75. The number of nitrogens with one attached hydrogen (secondary N) is 2. The van der Waals surface area contributed by atoms with E-state index in [1.54, 1.807) is 6.20 Å². The topological polar surface area (TPSA) is 49.8 Å². The quantitative estimate of drug-likeness (QED) is 0.441. The van der Waals surface area contributed by atoms with E-state index in [-0.39, 0.29) is 11.9 Å². The second kappa shape index (κ2) is 9.77. The zero-order valence-electron chi connectivity index (χ0n) is 18.1. The molecule has 0 fully saturated rings. The zero-order chi connectivity index (χ0) is 22.7. The summed E-state index contributed by atoms with van der Waals surface area (Å²) in [5.41, 5.74) is 3.95. The Labute approximate surface area is 191 Å². The number of aromatic nitrogens is 2. The fourth-order valence-corrected chi connectivity index (χ4v) is 4.76. The molecule has 0 saturated carbocycles. The van der Waals surface area contributed by atoms with Gasteiger partial charge in [0.1, 0.15) is 11.6 Å². The minimum atomic E-state index is -0.562. The number of aromatic amines is 1. The Morgan fingerprint density at radius 3 is 2.78 bits per heavy atom. The fourth-order valence-electron chi connectivity index (χ4n) is 4.43. The maximum Gasteiger partial charge on any atom is 0.251 e. The highest BCUT2D eigenvalue weighted by Crippen LogP contribution is 2.32. The number of benzene rings is 2. The Morgan fingerprint density at radius 2 is 2.03 bits per heavy atom. The molecule has 7 heteroatoms. The minimum absolute atomic E-state index is 0.0211. The number of carbonyl (C=O) groups excluding carboxylic acids is 1. The van der Waals surface area contributed by atoms with Crippen LogP contribution in [0.1, 0.15) is 65.0 Å². The largest absolute Gasteiger partial charge is 0.346 e.